The second-order valence-corrected chi connectivity index (χ2v) is 7.26. The topological polar surface area (TPSA) is 110 Å². The molecule has 0 spiro atoms. The van der Waals surface area contributed by atoms with E-state index in [1.54, 1.807) is 19.1 Å². The van der Waals surface area contributed by atoms with Crippen molar-refractivity contribution in [2.24, 2.45) is 0 Å². The Kier molecular flexibility index (Phi) is 5.71. The van der Waals surface area contributed by atoms with Gasteiger partial charge in [0.25, 0.3) is 10.1 Å². The van der Waals surface area contributed by atoms with Crippen molar-refractivity contribution < 1.29 is 31.5 Å². The van der Waals surface area contributed by atoms with Gasteiger partial charge in [0.1, 0.15) is 0 Å². The maximum atomic E-state index is 12.2. The van der Waals surface area contributed by atoms with Crippen LogP contribution >= 0.6 is 7.82 Å². The third kappa shape index (κ3) is 5.18. The molecule has 0 amide bonds. The lowest BCUT2D eigenvalue weighted by Gasteiger charge is -2.30. The van der Waals surface area contributed by atoms with Crippen molar-refractivity contribution in [3.05, 3.63) is 29.8 Å². The van der Waals surface area contributed by atoms with Crippen LogP contribution in [0, 0.1) is 6.92 Å². The second kappa shape index (κ2) is 6.56. The van der Waals surface area contributed by atoms with Gasteiger partial charge in [-0.3, -0.25) is 4.52 Å². The minimum atomic E-state index is -4.90. The highest BCUT2D eigenvalue weighted by atomic mass is 32.2. The molecule has 0 bridgehead atoms. The number of hydrogen-bond acceptors (Lipinski definition) is 5. The van der Waals surface area contributed by atoms with Gasteiger partial charge in [0.2, 0.25) is 0 Å². The SMILES string of the molecule is CCC(CC)(OP(=O)(O)O)OS(=O)(=O)c1ccc(C)cc1. The summed E-state index contributed by atoms with van der Waals surface area (Å²) in [5.41, 5.74) is 0.873. The van der Waals surface area contributed by atoms with Gasteiger partial charge in [-0.2, -0.15) is 8.42 Å². The Balaban J connectivity index is 3.13. The zero-order valence-corrected chi connectivity index (χ0v) is 13.7. The Hall–Kier alpha value is -0.760. The molecular formula is C12H19O7PS. The fourth-order valence-corrected chi connectivity index (χ4v) is 3.70. The molecule has 0 unspecified atom stereocenters. The van der Waals surface area contributed by atoms with Crippen LogP contribution in [-0.4, -0.2) is 24.0 Å². The number of rotatable bonds is 7. The predicted molar refractivity (Wildman–Crippen MR) is 75.9 cm³/mol. The molecule has 0 heterocycles. The fraction of sp³-hybridized carbons (Fsp3) is 0.500. The first-order chi connectivity index (χ1) is 9.53. The minimum Gasteiger partial charge on any atom is -0.303 e. The normalized spacial score (nSPS) is 13.4. The molecule has 21 heavy (non-hydrogen) atoms. The van der Waals surface area contributed by atoms with Crippen LogP contribution in [0.1, 0.15) is 32.3 Å². The van der Waals surface area contributed by atoms with Crippen LogP contribution in [0.25, 0.3) is 0 Å². The summed E-state index contributed by atoms with van der Waals surface area (Å²) in [7, 11) is -9.09. The summed E-state index contributed by atoms with van der Waals surface area (Å²) >= 11 is 0. The van der Waals surface area contributed by atoms with E-state index < -0.39 is 23.7 Å². The number of phosphoric ester groups is 1. The van der Waals surface area contributed by atoms with Gasteiger partial charge in [0, 0.05) is 12.8 Å². The van der Waals surface area contributed by atoms with Crippen molar-refractivity contribution in [3.63, 3.8) is 0 Å². The van der Waals surface area contributed by atoms with Crippen LogP contribution in [0.4, 0.5) is 0 Å². The summed E-state index contributed by atoms with van der Waals surface area (Å²) in [5, 5.41) is 0. The van der Waals surface area contributed by atoms with Gasteiger partial charge in [-0.1, -0.05) is 31.5 Å². The van der Waals surface area contributed by atoms with Gasteiger partial charge < -0.3 is 9.79 Å². The van der Waals surface area contributed by atoms with Crippen LogP contribution in [-0.2, 0) is 23.4 Å². The molecular weight excluding hydrogens is 319 g/mol. The molecule has 2 N–H and O–H groups in total. The first-order valence-electron chi connectivity index (χ1n) is 6.32. The summed E-state index contributed by atoms with van der Waals surface area (Å²) in [6.45, 7) is 4.84. The van der Waals surface area contributed by atoms with Crippen molar-refractivity contribution in [1.82, 2.24) is 0 Å². The van der Waals surface area contributed by atoms with Gasteiger partial charge in [0.15, 0.2) is 5.79 Å². The highest BCUT2D eigenvalue weighted by molar-refractivity contribution is 7.86. The van der Waals surface area contributed by atoms with Gasteiger partial charge in [-0.15, -0.1) is 0 Å². The lowest BCUT2D eigenvalue weighted by molar-refractivity contribution is -0.127. The van der Waals surface area contributed by atoms with Crippen LogP contribution in [0.5, 0.6) is 0 Å². The highest BCUT2D eigenvalue weighted by Crippen LogP contribution is 2.45. The van der Waals surface area contributed by atoms with Gasteiger partial charge >= 0.3 is 7.82 Å². The maximum absolute atomic E-state index is 12.2. The Morgan fingerprint density at radius 2 is 1.62 bits per heavy atom. The zero-order chi connectivity index (χ0) is 16.3. The molecule has 120 valence electrons. The van der Waals surface area contributed by atoms with E-state index in [4.69, 9.17) is 14.0 Å². The van der Waals surface area contributed by atoms with Gasteiger partial charge in [0.05, 0.1) is 4.90 Å². The first-order valence-corrected chi connectivity index (χ1v) is 9.26. The summed E-state index contributed by atoms with van der Waals surface area (Å²) in [5.74, 6) is -1.90. The van der Waals surface area contributed by atoms with Crippen LogP contribution in [0.2, 0.25) is 0 Å². The second-order valence-electron chi connectivity index (χ2n) is 4.55. The third-order valence-electron chi connectivity index (χ3n) is 2.93. The molecule has 1 aromatic rings. The molecule has 0 aliphatic rings. The average Bonchev–Trinajstić information content (AvgIpc) is 2.36. The van der Waals surface area contributed by atoms with Crippen molar-refractivity contribution in [2.45, 2.75) is 44.3 Å². The number of benzene rings is 1. The highest BCUT2D eigenvalue weighted by Gasteiger charge is 2.40. The van der Waals surface area contributed by atoms with E-state index in [2.05, 4.69) is 4.52 Å². The number of aryl methyl sites for hydroxylation is 1. The monoisotopic (exact) mass is 338 g/mol. The van der Waals surface area contributed by atoms with Crippen LogP contribution in [0.15, 0.2) is 29.2 Å². The van der Waals surface area contributed by atoms with E-state index in [1.165, 1.54) is 26.0 Å². The molecule has 0 aromatic heterocycles. The fourth-order valence-electron chi connectivity index (χ4n) is 1.68. The van der Waals surface area contributed by atoms with E-state index >= 15 is 0 Å². The Bertz CT molecular complexity index is 614. The van der Waals surface area contributed by atoms with E-state index in [0.717, 1.165) is 5.56 Å². The van der Waals surface area contributed by atoms with E-state index in [1.807, 2.05) is 0 Å². The Labute approximate surface area is 124 Å². The average molecular weight is 338 g/mol. The molecule has 9 heteroatoms. The molecule has 1 aromatic carbocycles. The largest absolute Gasteiger partial charge is 0.472 e. The molecule has 0 saturated carbocycles. The van der Waals surface area contributed by atoms with Crippen molar-refractivity contribution in [3.8, 4) is 0 Å². The molecule has 0 radical (unpaired) electrons. The molecule has 7 nitrogen and oxygen atoms in total. The van der Waals surface area contributed by atoms with Crippen molar-refractivity contribution in [1.29, 1.82) is 0 Å². The number of hydrogen-bond donors (Lipinski definition) is 2. The third-order valence-corrected chi connectivity index (χ3v) is 4.88. The van der Waals surface area contributed by atoms with Crippen LogP contribution < -0.4 is 0 Å². The van der Waals surface area contributed by atoms with E-state index in [9.17, 15) is 13.0 Å². The van der Waals surface area contributed by atoms with Crippen molar-refractivity contribution >= 4 is 17.9 Å². The molecule has 0 aliphatic carbocycles. The molecule has 0 fully saturated rings. The quantitative estimate of drug-likeness (QED) is 0.446. The Morgan fingerprint density at radius 1 is 1.14 bits per heavy atom. The minimum absolute atomic E-state index is 0.0420. The zero-order valence-electron chi connectivity index (χ0n) is 12.0. The van der Waals surface area contributed by atoms with Crippen LogP contribution in [0.3, 0.4) is 0 Å². The standard InChI is InChI=1S/C12H19O7PS/c1-4-12(5-2,18-20(13,14)15)19-21(16,17)11-8-6-10(3)7-9-11/h6-9H,4-5H2,1-3H3,(H2,13,14,15). The summed E-state index contributed by atoms with van der Waals surface area (Å²) in [4.78, 5) is 17.8. The van der Waals surface area contributed by atoms with Crippen molar-refractivity contribution in [2.75, 3.05) is 0 Å². The lowest BCUT2D eigenvalue weighted by Crippen LogP contribution is -2.36. The summed E-state index contributed by atoms with van der Waals surface area (Å²) < 4.78 is 45.0. The van der Waals surface area contributed by atoms with Gasteiger partial charge in [-0.25, -0.2) is 8.75 Å². The Morgan fingerprint density at radius 3 is 2.00 bits per heavy atom. The molecule has 0 saturated heterocycles. The van der Waals surface area contributed by atoms with Gasteiger partial charge in [-0.05, 0) is 19.1 Å². The van der Waals surface area contributed by atoms with E-state index in [-0.39, 0.29) is 17.7 Å². The lowest BCUT2D eigenvalue weighted by atomic mass is 10.2. The molecule has 1 rings (SSSR count). The summed E-state index contributed by atoms with van der Waals surface area (Å²) in [6, 6.07) is 5.91. The summed E-state index contributed by atoms with van der Waals surface area (Å²) in [6.07, 6.45) is -0.0839. The predicted octanol–water partition coefficient (Wildman–Crippen LogP) is 2.33. The maximum Gasteiger partial charge on any atom is 0.472 e. The van der Waals surface area contributed by atoms with E-state index in [0.29, 0.717) is 0 Å². The first kappa shape index (κ1) is 18.3. The molecule has 0 aliphatic heterocycles. The molecule has 0 atom stereocenters. The number of phosphoric acid groups is 1. The smallest absolute Gasteiger partial charge is 0.303 e.